The molecule has 2 aliphatic heterocycles. The van der Waals surface area contributed by atoms with Crippen LogP contribution in [0.5, 0.6) is 5.75 Å². The highest BCUT2D eigenvalue weighted by Gasteiger charge is 2.71. The number of Topliss-reactive ketones (excluding diaryl/α,β-unsaturated/α-hetero) is 3. The lowest BCUT2D eigenvalue weighted by atomic mass is 9.64. The van der Waals surface area contributed by atoms with Gasteiger partial charge < -0.3 is 9.64 Å². The summed E-state index contributed by atoms with van der Waals surface area (Å²) < 4.78 is 5.44. The summed E-state index contributed by atoms with van der Waals surface area (Å²) in [6, 6.07) is 23.2. The number of methoxy groups -OCH3 is 1. The third kappa shape index (κ3) is 3.60. The molecule has 4 aromatic carbocycles. The van der Waals surface area contributed by atoms with E-state index in [1.165, 1.54) is 0 Å². The summed E-state index contributed by atoms with van der Waals surface area (Å²) in [5, 5.41) is 0.706. The van der Waals surface area contributed by atoms with Gasteiger partial charge >= 0.3 is 0 Å². The van der Waals surface area contributed by atoms with Crippen LogP contribution in [0.4, 0.5) is 5.69 Å². The molecule has 7 heteroatoms. The van der Waals surface area contributed by atoms with Crippen LogP contribution >= 0.6 is 23.2 Å². The van der Waals surface area contributed by atoms with Crippen molar-refractivity contribution in [2.45, 2.75) is 24.9 Å². The standard InChI is InChI=1S/C35H25Cl2NO4/c1-19-10-14-28-20(16-19)11-15-29-35(33(40)24-8-3-4-9-25(24)34(35)41)30(26-13-12-22(36)18-27(26)37)31(38(28)29)32(39)21-6-5-7-23(17-21)42-2/h3-18,29-31H,1-2H3/t29-,30-,31+/m0/s1. The molecule has 0 N–H and O–H groups in total. The van der Waals surface area contributed by atoms with Gasteiger partial charge in [0.25, 0.3) is 0 Å². The van der Waals surface area contributed by atoms with Crippen molar-refractivity contribution >= 4 is 52.3 Å². The Labute approximate surface area is 253 Å². The number of hydrogen-bond donors (Lipinski definition) is 0. The van der Waals surface area contributed by atoms with Crippen LogP contribution in [0.2, 0.25) is 10.0 Å². The number of anilines is 1. The van der Waals surface area contributed by atoms with Crippen LogP contribution in [0.3, 0.4) is 0 Å². The van der Waals surface area contributed by atoms with Crippen molar-refractivity contribution in [1.29, 1.82) is 0 Å². The number of rotatable bonds is 4. The zero-order chi connectivity index (χ0) is 29.3. The van der Waals surface area contributed by atoms with Crippen LogP contribution in [0.25, 0.3) is 6.08 Å². The zero-order valence-corrected chi connectivity index (χ0v) is 24.3. The van der Waals surface area contributed by atoms with Gasteiger partial charge in [-0.15, -0.1) is 0 Å². The third-order valence-corrected chi connectivity index (χ3v) is 9.44. The Hall–Kier alpha value is -4.19. The molecular formula is C35H25Cl2NO4. The van der Waals surface area contributed by atoms with Crippen molar-refractivity contribution in [3.8, 4) is 5.75 Å². The van der Waals surface area contributed by atoms with E-state index in [-0.39, 0.29) is 17.3 Å². The van der Waals surface area contributed by atoms with Gasteiger partial charge in [0.1, 0.15) is 17.2 Å². The first-order valence-electron chi connectivity index (χ1n) is 13.7. The maximum Gasteiger partial charge on any atom is 0.186 e. The Kier molecular flexibility index (Phi) is 6.16. The minimum Gasteiger partial charge on any atom is -0.497 e. The number of fused-ring (bicyclic) bond motifs is 5. The van der Waals surface area contributed by atoms with Crippen molar-refractivity contribution < 1.29 is 19.1 Å². The largest absolute Gasteiger partial charge is 0.497 e. The highest BCUT2D eigenvalue weighted by atomic mass is 35.5. The van der Waals surface area contributed by atoms with E-state index in [1.807, 2.05) is 42.2 Å². The summed E-state index contributed by atoms with van der Waals surface area (Å²) in [6.07, 6.45) is 3.85. The number of benzene rings is 4. The lowest BCUT2D eigenvalue weighted by molar-refractivity contribution is 0.0666. The van der Waals surface area contributed by atoms with E-state index >= 15 is 0 Å². The van der Waals surface area contributed by atoms with E-state index in [0.29, 0.717) is 38.0 Å². The molecule has 208 valence electrons. The average Bonchev–Trinajstić information content (AvgIpc) is 3.42. The summed E-state index contributed by atoms with van der Waals surface area (Å²) >= 11 is 13.2. The maximum atomic E-state index is 14.8. The van der Waals surface area contributed by atoms with Gasteiger partial charge in [-0.25, -0.2) is 0 Å². The molecule has 4 aromatic rings. The second-order valence-corrected chi connectivity index (χ2v) is 11.9. The quantitative estimate of drug-likeness (QED) is 0.180. The van der Waals surface area contributed by atoms with E-state index < -0.39 is 23.4 Å². The Balaban J connectivity index is 1.56. The molecule has 1 fully saturated rings. The Morgan fingerprint density at radius 2 is 1.62 bits per heavy atom. The number of carbonyl (C=O) groups is 3. The molecule has 0 bridgehead atoms. The number of ether oxygens (including phenoxy) is 1. The Morgan fingerprint density at radius 1 is 0.881 bits per heavy atom. The molecule has 2 heterocycles. The Morgan fingerprint density at radius 3 is 2.31 bits per heavy atom. The highest BCUT2D eigenvalue weighted by Crippen LogP contribution is 2.61. The number of ketones is 3. The van der Waals surface area contributed by atoms with E-state index in [2.05, 4.69) is 0 Å². The first-order chi connectivity index (χ1) is 20.3. The number of hydrogen-bond acceptors (Lipinski definition) is 5. The number of nitrogens with zero attached hydrogens (tertiary/aromatic N) is 1. The van der Waals surface area contributed by atoms with Crippen molar-refractivity contribution in [3.05, 3.63) is 134 Å². The molecular weight excluding hydrogens is 569 g/mol. The molecule has 0 radical (unpaired) electrons. The fourth-order valence-corrected chi connectivity index (χ4v) is 7.67. The van der Waals surface area contributed by atoms with Crippen molar-refractivity contribution in [1.82, 2.24) is 0 Å². The fraction of sp³-hybridized carbons (Fsp3) is 0.171. The second-order valence-electron chi connectivity index (χ2n) is 11.0. The smallest absolute Gasteiger partial charge is 0.186 e. The molecule has 5 nitrogen and oxygen atoms in total. The van der Waals surface area contributed by atoms with Crippen molar-refractivity contribution in [2.24, 2.45) is 5.41 Å². The Bertz CT molecular complexity index is 1830. The number of carbonyl (C=O) groups excluding carboxylic acids is 3. The lowest BCUT2D eigenvalue weighted by Crippen LogP contribution is -2.48. The summed E-state index contributed by atoms with van der Waals surface area (Å²) in [6.45, 7) is 2.00. The summed E-state index contributed by atoms with van der Waals surface area (Å²) in [5.41, 5.74) is 2.74. The van der Waals surface area contributed by atoms with Gasteiger partial charge in [-0.2, -0.15) is 0 Å². The second kappa shape index (κ2) is 9.69. The predicted octanol–water partition coefficient (Wildman–Crippen LogP) is 7.63. The zero-order valence-electron chi connectivity index (χ0n) is 22.8. The van der Waals surface area contributed by atoms with Gasteiger partial charge in [-0.05, 0) is 54.4 Å². The van der Waals surface area contributed by atoms with E-state index in [0.717, 1.165) is 16.8 Å². The monoisotopic (exact) mass is 593 g/mol. The fourth-order valence-electron chi connectivity index (χ4n) is 7.14. The molecule has 1 spiro atoms. The molecule has 1 aliphatic carbocycles. The molecule has 3 atom stereocenters. The SMILES string of the molecule is COc1cccc(C(=O)[C@H]2[C@H](c3ccc(Cl)cc3Cl)C3(C(=O)c4ccccc4C3=O)[C@@H]3C=Cc4cc(C)ccc4N32)c1. The van der Waals surface area contributed by atoms with Crippen LogP contribution in [-0.2, 0) is 0 Å². The first-order valence-corrected chi connectivity index (χ1v) is 14.4. The molecule has 0 unspecified atom stereocenters. The highest BCUT2D eigenvalue weighted by molar-refractivity contribution is 6.36. The molecule has 0 amide bonds. The molecule has 1 saturated heterocycles. The van der Waals surface area contributed by atoms with Gasteiger partial charge in [-0.3, -0.25) is 14.4 Å². The first kappa shape index (κ1) is 26.7. The molecule has 7 rings (SSSR count). The predicted molar refractivity (Wildman–Crippen MR) is 164 cm³/mol. The number of halogens is 2. The van der Waals surface area contributed by atoms with Gasteiger partial charge in [0.05, 0.1) is 13.2 Å². The topological polar surface area (TPSA) is 63.7 Å². The van der Waals surface area contributed by atoms with Gasteiger partial charge in [-0.1, -0.05) is 89.4 Å². The van der Waals surface area contributed by atoms with Gasteiger partial charge in [0.2, 0.25) is 0 Å². The van der Waals surface area contributed by atoms with Crippen LogP contribution < -0.4 is 9.64 Å². The van der Waals surface area contributed by atoms with Crippen molar-refractivity contribution in [2.75, 3.05) is 12.0 Å². The van der Waals surface area contributed by atoms with Crippen LogP contribution in [0, 0.1) is 12.3 Å². The summed E-state index contributed by atoms with van der Waals surface area (Å²) in [5.74, 6) is -1.26. The van der Waals surface area contributed by atoms with E-state index in [1.54, 1.807) is 73.8 Å². The average molecular weight is 594 g/mol. The molecule has 3 aliphatic rings. The molecule has 42 heavy (non-hydrogen) atoms. The van der Waals surface area contributed by atoms with Gasteiger partial charge in [0.15, 0.2) is 17.3 Å². The molecule has 0 saturated carbocycles. The lowest BCUT2D eigenvalue weighted by Gasteiger charge is -2.37. The third-order valence-electron chi connectivity index (χ3n) is 8.88. The van der Waals surface area contributed by atoms with E-state index in [9.17, 15) is 14.4 Å². The van der Waals surface area contributed by atoms with Crippen LogP contribution in [0.1, 0.15) is 53.7 Å². The molecule has 0 aromatic heterocycles. The van der Waals surface area contributed by atoms with E-state index in [4.69, 9.17) is 27.9 Å². The van der Waals surface area contributed by atoms with Gasteiger partial charge in [0, 0.05) is 38.3 Å². The number of aryl methyl sites for hydroxylation is 1. The normalized spacial score (nSPS) is 21.3. The van der Waals surface area contributed by atoms with Crippen LogP contribution in [-0.4, -0.2) is 36.5 Å². The summed E-state index contributed by atoms with van der Waals surface area (Å²) in [7, 11) is 1.54. The minimum absolute atomic E-state index is 0.245. The van der Waals surface area contributed by atoms with Crippen molar-refractivity contribution in [3.63, 3.8) is 0 Å². The maximum absolute atomic E-state index is 14.8. The van der Waals surface area contributed by atoms with Crippen LogP contribution in [0.15, 0.2) is 91.0 Å². The summed E-state index contributed by atoms with van der Waals surface area (Å²) in [4.78, 5) is 46.3. The minimum atomic E-state index is -1.64.